The van der Waals surface area contributed by atoms with E-state index in [-0.39, 0.29) is 18.4 Å². The minimum atomic E-state index is -0.763. The molecule has 0 saturated carbocycles. The number of morpholine rings is 1. The zero-order chi connectivity index (χ0) is 22.1. The van der Waals surface area contributed by atoms with Crippen molar-refractivity contribution in [2.24, 2.45) is 0 Å². The number of carbonyl (C=O) groups excluding carboxylic acids is 2. The van der Waals surface area contributed by atoms with Gasteiger partial charge in [-0.15, -0.1) is 11.3 Å². The van der Waals surface area contributed by atoms with Crippen molar-refractivity contribution in [3.63, 3.8) is 0 Å². The maximum atomic E-state index is 13.8. The number of hydrogen-bond donors (Lipinski definition) is 0. The maximum absolute atomic E-state index is 13.8. The topological polar surface area (TPSA) is 72.0 Å². The standard InChI is InChI=1S/C24H23N3O4S/c1-16-25-21(17-7-3-2-4-8-17)22(32-16)24(29)27-15-20(23(28)26-11-13-30-14-12-26)31-19-10-6-5-9-18(19)27/h2-10,20H,11-15H2,1H3/t20-/m1/s1. The quantitative estimate of drug-likeness (QED) is 0.613. The molecule has 1 fully saturated rings. The van der Waals surface area contributed by atoms with E-state index in [0.29, 0.717) is 48.3 Å². The molecule has 2 aliphatic heterocycles. The molecule has 0 aliphatic carbocycles. The summed E-state index contributed by atoms with van der Waals surface area (Å²) in [5, 5.41) is 0.815. The van der Waals surface area contributed by atoms with Crippen molar-refractivity contribution >= 4 is 28.8 Å². The molecule has 164 valence electrons. The summed E-state index contributed by atoms with van der Waals surface area (Å²) < 4.78 is 11.4. The molecule has 0 unspecified atom stereocenters. The van der Waals surface area contributed by atoms with E-state index in [1.807, 2.05) is 55.5 Å². The number of para-hydroxylation sites is 2. The normalized spacial score (nSPS) is 18.1. The fraction of sp³-hybridized carbons (Fsp3) is 0.292. The molecular formula is C24H23N3O4S. The molecule has 0 spiro atoms. The fourth-order valence-electron chi connectivity index (χ4n) is 4.03. The lowest BCUT2D eigenvalue weighted by atomic mass is 10.1. The first-order chi connectivity index (χ1) is 15.6. The van der Waals surface area contributed by atoms with Crippen molar-refractivity contribution in [1.29, 1.82) is 0 Å². The molecule has 2 aromatic carbocycles. The van der Waals surface area contributed by atoms with E-state index in [4.69, 9.17) is 9.47 Å². The van der Waals surface area contributed by atoms with Crippen LogP contribution in [-0.2, 0) is 9.53 Å². The third-order valence-corrected chi connectivity index (χ3v) is 6.55. The summed E-state index contributed by atoms with van der Waals surface area (Å²) in [6.07, 6.45) is -0.763. The van der Waals surface area contributed by atoms with E-state index in [2.05, 4.69) is 4.98 Å². The number of amides is 2. The zero-order valence-corrected chi connectivity index (χ0v) is 18.5. The lowest BCUT2D eigenvalue weighted by Gasteiger charge is -2.37. The van der Waals surface area contributed by atoms with E-state index >= 15 is 0 Å². The average molecular weight is 450 g/mol. The summed E-state index contributed by atoms with van der Waals surface area (Å²) in [4.78, 5) is 35.6. The van der Waals surface area contributed by atoms with Gasteiger partial charge in [0, 0.05) is 18.7 Å². The molecule has 3 aromatic rings. The molecule has 2 amide bonds. The van der Waals surface area contributed by atoms with E-state index in [1.165, 1.54) is 11.3 Å². The van der Waals surface area contributed by atoms with Gasteiger partial charge in [0.15, 0.2) is 6.10 Å². The Morgan fingerprint density at radius 2 is 1.75 bits per heavy atom. The van der Waals surface area contributed by atoms with Gasteiger partial charge in [-0.25, -0.2) is 4.98 Å². The van der Waals surface area contributed by atoms with E-state index in [1.54, 1.807) is 15.9 Å². The molecule has 5 rings (SSSR count). The first-order valence-corrected chi connectivity index (χ1v) is 11.4. The van der Waals surface area contributed by atoms with E-state index in [9.17, 15) is 9.59 Å². The van der Waals surface area contributed by atoms with E-state index in [0.717, 1.165) is 10.6 Å². The van der Waals surface area contributed by atoms with Crippen LogP contribution in [-0.4, -0.2) is 60.7 Å². The highest BCUT2D eigenvalue weighted by molar-refractivity contribution is 7.14. The molecule has 0 N–H and O–H groups in total. The van der Waals surface area contributed by atoms with Crippen LogP contribution in [0.15, 0.2) is 54.6 Å². The Morgan fingerprint density at radius 3 is 2.53 bits per heavy atom. The number of benzene rings is 2. The van der Waals surface area contributed by atoms with Gasteiger partial charge >= 0.3 is 0 Å². The van der Waals surface area contributed by atoms with Crippen LogP contribution in [0, 0.1) is 6.92 Å². The van der Waals surface area contributed by atoms with Gasteiger partial charge in [0.1, 0.15) is 10.6 Å². The molecule has 32 heavy (non-hydrogen) atoms. The SMILES string of the molecule is Cc1nc(-c2ccccc2)c(C(=O)N2C[C@H](C(=O)N3CCOCC3)Oc3ccccc32)s1. The summed E-state index contributed by atoms with van der Waals surface area (Å²) in [6, 6.07) is 17.0. The Balaban J connectivity index is 1.50. The lowest BCUT2D eigenvalue weighted by Crippen LogP contribution is -2.54. The molecule has 3 heterocycles. The van der Waals surface area contributed by atoms with Gasteiger partial charge in [0.2, 0.25) is 0 Å². The van der Waals surface area contributed by atoms with Crippen LogP contribution >= 0.6 is 11.3 Å². The number of ether oxygens (including phenoxy) is 2. The number of hydrogen-bond acceptors (Lipinski definition) is 6. The molecule has 1 atom stereocenters. The Hall–Kier alpha value is -3.23. The summed E-state index contributed by atoms with van der Waals surface area (Å²) in [5.74, 6) is 0.232. The second-order valence-electron chi connectivity index (χ2n) is 7.70. The summed E-state index contributed by atoms with van der Waals surface area (Å²) in [7, 11) is 0. The third kappa shape index (κ3) is 3.87. The Bertz CT molecular complexity index is 1140. The number of fused-ring (bicyclic) bond motifs is 1. The van der Waals surface area contributed by atoms with Crippen LogP contribution in [0.25, 0.3) is 11.3 Å². The number of aryl methyl sites for hydroxylation is 1. The molecular weight excluding hydrogens is 426 g/mol. The van der Waals surface area contributed by atoms with Crippen molar-refractivity contribution in [3.8, 4) is 17.0 Å². The molecule has 0 radical (unpaired) electrons. The number of anilines is 1. The van der Waals surface area contributed by atoms with Gasteiger partial charge in [-0.2, -0.15) is 0 Å². The van der Waals surface area contributed by atoms with Crippen LogP contribution in [0.1, 0.15) is 14.7 Å². The second-order valence-corrected chi connectivity index (χ2v) is 8.91. The van der Waals surface area contributed by atoms with Gasteiger partial charge in [0.25, 0.3) is 11.8 Å². The fourth-order valence-corrected chi connectivity index (χ4v) is 4.92. The van der Waals surface area contributed by atoms with Crippen LogP contribution in [0.5, 0.6) is 5.75 Å². The van der Waals surface area contributed by atoms with Crippen molar-refractivity contribution < 1.29 is 19.1 Å². The van der Waals surface area contributed by atoms with Crippen molar-refractivity contribution in [2.45, 2.75) is 13.0 Å². The molecule has 1 saturated heterocycles. The van der Waals surface area contributed by atoms with Crippen molar-refractivity contribution in [3.05, 3.63) is 64.5 Å². The summed E-state index contributed by atoms with van der Waals surface area (Å²) in [6.45, 7) is 4.13. The zero-order valence-electron chi connectivity index (χ0n) is 17.7. The maximum Gasteiger partial charge on any atom is 0.270 e. The Labute approximate surface area is 190 Å². The van der Waals surface area contributed by atoms with Gasteiger partial charge in [0.05, 0.1) is 36.1 Å². The monoisotopic (exact) mass is 449 g/mol. The van der Waals surface area contributed by atoms with Crippen LogP contribution in [0.2, 0.25) is 0 Å². The van der Waals surface area contributed by atoms with Gasteiger partial charge in [-0.3, -0.25) is 14.5 Å². The molecule has 1 aromatic heterocycles. The van der Waals surface area contributed by atoms with Crippen LogP contribution in [0.4, 0.5) is 5.69 Å². The number of aromatic nitrogens is 1. The number of carbonyl (C=O) groups is 2. The number of nitrogens with zero attached hydrogens (tertiary/aromatic N) is 3. The van der Waals surface area contributed by atoms with E-state index < -0.39 is 6.10 Å². The average Bonchev–Trinajstić information content (AvgIpc) is 3.25. The number of rotatable bonds is 3. The summed E-state index contributed by atoms with van der Waals surface area (Å²) >= 11 is 1.37. The Morgan fingerprint density at radius 1 is 1.03 bits per heavy atom. The molecule has 2 aliphatic rings. The first-order valence-electron chi connectivity index (χ1n) is 10.6. The third-order valence-electron chi connectivity index (χ3n) is 5.59. The number of thiazole rings is 1. The highest BCUT2D eigenvalue weighted by Crippen LogP contribution is 2.37. The predicted molar refractivity (Wildman–Crippen MR) is 122 cm³/mol. The minimum absolute atomic E-state index is 0.121. The predicted octanol–water partition coefficient (Wildman–Crippen LogP) is 3.39. The van der Waals surface area contributed by atoms with Gasteiger partial charge in [-0.1, -0.05) is 42.5 Å². The highest BCUT2D eigenvalue weighted by Gasteiger charge is 2.37. The van der Waals surface area contributed by atoms with Crippen molar-refractivity contribution in [1.82, 2.24) is 9.88 Å². The summed E-state index contributed by atoms with van der Waals surface area (Å²) in [5.41, 5.74) is 2.22. The minimum Gasteiger partial charge on any atom is -0.476 e. The lowest BCUT2D eigenvalue weighted by molar-refractivity contribution is -0.142. The van der Waals surface area contributed by atoms with Gasteiger partial charge in [-0.05, 0) is 19.1 Å². The smallest absolute Gasteiger partial charge is 0.270 e. The molecule has 8 heteroatoms. The molecule has 7 nitrogen and oxygen atoms in total. The second kappa shape index (κ2) is 8.72. The van der Waals surface area contributed by atoms with Crippen LogP contribution < -0.4 is 9.64 Å². The highest BCUT2D eigenvalue weighted by atomic mass is 32.1. The Kier molecular flexibility index (Phi) is 5.63. The van der Waals surface area contributed by atoms with Gasteiger partial charge < -0.3 is 14.4 Å². The largest absolute Gasteiger partial charge is 0.476 e. The van der Waals surface area contributed by atoms with Crippen LogP contribution in [0.3, 0.4) is 0 Å². The van der Waals surface area contributed by atoms with Crippen molar-refractivity contribution in [2.75, 3.05) is 37.7 Å². The molecule has 0 bridgehead atoms. The first kappa shape index (κ1) is 20.7.